The number of nitrogens with one attached hydrogen (secondary N) is 1. The van der Waals surface area contributed by atoms with Gasteiger partial charge in [-0.1, -0.05) is 13.0 Å². The highest BCUT2D eigenvalue weighted by molar-refractivity contribution is 5.90. The maximum atomic E-state index is 12.2. The number of fused-ring (bicyclic) bond motifs is 5. The van der Waals surface area contributed by atoms with Crippen molar-refractivity contribution in [3.05, 3.63) is 53.6 Å². The topological polar surface area (TPSA) is 82.0 Å². The molecule has 0 aliphatic heterocycles. The summed E-state index contributed by atoms with van der Waals surface area (Å²) in [7, 11) is 3.91. The number of aryl methyl sites for hydroxylation is 1. The molecule has 6 nitrogen and oxygen atoms in total. The van der Waals surface area contributed by atoms with Crippen molar-refractivity contribution in [1.82, 2.24) is 4.90 Å². The lowest BCUT2D eigenvalue weighted by Gasteiger charge is -2.53. The van der Waals surface area contributed by atoms with Gasteiger partial charge in [0, 0.05) is 30.0 Å². The summed E-state index contributed by atoms with van der Waals surface area (Å²) >= 11 is 0. The molecule has 6 heteroatoms. The standard InChI is InChI=1S/C29H38N2O4/c1-29-17-25(35-21-8-5-19(6-9-21)30-27(34)14-15-31(2)3)28-22-11-7-20(32)16-18(22)4-10-23(28)24(29)12-13-26(29)33/h5-9,11,16,23-26,28,32-33H,4,10,12-15,17H2,1-3H3,(H,30,34)/t23-,24-,25-,26-,28+,29-/m0/s1. The van der Waals surface area contributed by atoms with Gasteiger partial charge in [0.15, 0.2) is 0 Å². The number of amides is 1. The summed E-state index contributed by atoms with van der Waals surface area (Å²) in [5, 5.41) is 24.0. The number of phenolic OH excluding ortho intramolecular Hbond substituents is 1. The van der Waals surface area contributed by atoms with Crippen LogP contribution in [0.4, 0.5) is 5.69 Å². The van der Waals surface area contributed by atoms with Gasteiger partial charge in [-0.2, -0.15) is 0 Å². The van der Waals surface area contributed by atoms with Gasteiger partial charge >= 0.3 is 0 Å². The number of hydrogen-bond acceptors (Lipinski definition) is 5. The van der Waals surface area contributed by atoms with Crippen molar-refractivity contribution in [2.24, 2.45) is 17.3 Å². The van der Waals surface area contributed by atoms with Crippen molar-refractivity contribution in [2.75, 3.05) is 26.0 Å². The van der Waals surface area contributed by atoms with Gasteiger partial charge in [-0.25, -0.2) is 0 Å². The summed E-state index contributed by atoms with van der Waals surface area (Å²) in [4.78, 5) is 14.2. The van der Waals surface area contributed by atoms with E-state index in [1.54, 1.807) is 6.07 Å². The van der Waals surface area contributed by atoms with E-state index in [1.807, 2.05) is 49.3 Å². The van der Waals surface area contributed by atoms with E-state index in [9.17, 15) is 15.0 Å². The zero-order valence-electron chi connectivity index (χ0n) is 21.0. The number of hydrogen-bond donors (Lipinski definition) is 3. The third-order valence-corrected chi connectivity index (χ3v) is 8.82. The smallest absolute Gasteiger partial charge is 0.225 e. The SMILES string of the molecule is CN(C)CCC(=O)Nc1ccc(O[C@H]2C[C@]3(C)[C@@H](O)CC[C@H]3[C@@H]3CCc4cc(O)ccc4[C@H]32)cc1. The second kappa shape index (κ2) is 9.47. The molecular formula is C29H38N2O4. The lowest BCUT2D eigenvalue weighted by molar-refractivity contribution is -0.116. The molecule has 5 rings (SSSR count). The van der Waals surface area contributed by atoms with E-state index in [2.05, 4.69) is 18.3 Å². The minimum absolute atomic E-state index is 0.00116. The number of aliphatic hydroxyl groups excluding tert-OH is 1. The van der Waals surface area contributed by atoms with Crippen molar-refractivity contribution in [2.45, 2.75) is 63.6 Å². The molecular weight excluding hydrogens is 440 g/mol. The summed E-state index contributed by atoms with van der Waals surface area (Å²) in [6.45, 7) is 2.96. The van der Waals surface area contributed by atoms with Gasteiger partial charge in [-0.15, -0.1) is 0 Å². The summed E-state index contributed by atoms with van der Waals surface area (Å²) in [5.41, 5.74) is 3.13. The normalized spacial score (nSPS) is 31.4. The molecule has 0 unspecified atom stereocenters. The van der Waals surface area contributed by atoms with Crippen LogP contribution in [0.3, 0.4) is 0 Å². The third kappa shape index (κ3) is 4.66. The summed E-state index contributed by atoms with van der Waals surface area (Å²) < 4.78 is 6.68. The van der Waals surface area contributed by atoms with Gasteiger partial charge in [0.1, 0.15) is 17.6 Å². The molecule has 0 aromatic heterocycles. The van der Waals surface area contributed by atoms with Gasteiger partial charge in [0.25, 0.3) is 0 Å². The van der Waals surface area contributed by atoms with Crippen LogP contribution in [0.1, 0.15) is 56.1 Å². The Hall–Kier alpha value is -2.57. The van der Waals surface area contributed by atoms with E-state index in [0.29, 0.717) is 30.6 Å². The van der Waals surface area contributed by atoms with Crippen LogP contribution in [0.2, 0.25) is 0 Å². The molecule has 2 saturated carbocycles. The first-order chi connectivity index (χ1) is 16.7. The van der Waals surface area contributed by atoms with Crippen molar-refractivity contribution in [1.29, 1.82) is 0 Å². The first kappa shape index (κ1) is 24.1. The van der Waals surface area contributed by atoms with Crippen LogP contribution in [0.5, 0.6) is 11.5 Å². The zero-order valence-corrected chi connectivity index (χ0v) is 21.0. The highest BCUT2D eigenvalue weighted by Crippen LogP contribution is 2.61. The van der Waals surface area contributed by atoms with E-state index in [0.717, 1.165) is 43.5 Å². The van der Waals surface area contributed by atoms with Gasteiger partial charge in [-0.05, 0) is 106 Å². The Kier molecular flexibility index (Phi) is 6.53. The Bertz CT molecular complexity index is 1070. The minimum atomic E-state index is -0.291. The van der Waals surface area contributed by atoms with Gasteiger partial charge < -0.3 is 25.2 Å². The fraction of sp³-hybridized carbons (Fsp3) is 0.552. The van der Waals surface area contributed by atoms with Crippen LogP contribution >= 0.6 is 0 Å². The summed E-state index contributed by atoms with van der Waals surface area (Å²) in [6, 6.07) is 13.4. The fourth-order valence-electron chi connectivity index (χ4n) is 7.04. The van der Waals surface area contributed by atoms with E-state index >= 15 is 0 Å². The predicted octanol–water partition coefficient (Wildman–Crippen LogP) is 4.56. The number of anilines is 1. The van der Waals surface area contributed by atoms with Crippen molar-refractivity contribution >= 4 is 11.6 Å². The Morgan fingerprint density at radius 1 is 1.14 bits per heavy atom. The second-order valence-electron chi connectivity index (χ2n) is 11.3. The molecule has 0 bridgehead atoms. The molecule has 3 N–H and O–H groups in total. The predicted molar refractivity (Wildman–Crippen MR) is 137 cm³/mol. The molecule has 0 heterocycles. The average molecular weight is 479 g/mol. The molecule has 3 aliphatic carbocycles. The Balaban J connectivity index is 1.37. The molecule has 0 spiro atoms. The van der Waals surface area contributed by atoms with Crippen molar-refractivity contribution < 1.29 is 19.7 Å². The third-order valence-electron chi connectivity index (χ3n) is 8.82. The van der Waals surface area contributed by atoms with Crippen LogP contribution in [0.25, 0.3) is 0 Å². The number of benzene rings is 2. The van der Waals surface area contributed by atoms with Crippen molar-refractivity contribution in [3.63, 3.8) is 0 Å². The number of phenols is 1. The zero-order chi connectivity index (χ0) is 24.7. The van der Waals surface area contributed by atoms with Gasteiger partial charge in [0.05, 0.1) is 6.10 Å². The highest BCUT2D eigenvalue weighted by atomic mass is 16.5. The molecule has 2 aromatic carbocycles. The summed E-state index contributed by atoms with van der Waals surface area (Å²) in [5.74, 6) is 2.29. The Morgan fingerprint density at radius 3 is 2.66 bits per heavy atom. The molecule has 0 radical (unpaired) electrons. The average Bonchev–Trinajstić information content (AvgIpc) is 3.12. The van der Waals surface area contributed by atoms with E-state index in [-0.39, 0.29) is 29.4 Å². The number of aliphatic hydroxyl groups is 1. The molecule has 2 fully saturated rings. The van der Waals surface area contributed by atoms with Crippen LogP contribution in [0.15, 0.2) is 42.5 Å². The van der Waals surface area contributed by atoms with Crippen LogP contribution < -0.4 is 10.1 Å². The Morgan fingerprint density at radius 2 is 1.91 bits per heavy atom. The molecule has 35 heavy (non-hydrogen) atoms. The number of rotatable bonds is 6. The Labute approximate surface area is 208 Å². The highest BCUT2D eigenvalue weighted by Gasteiger charge is 2.58. The quantitative estimate of drug-likeness (QED) is 0.567. The van der Waals surface area contributed by atoms with Crippen LogP contribution in [-0.4, -0.2) is 53.9 Å². The second-order valence-corrected chi connectivity index (χ2v) is 11.3. The van der Waals surface area contributed by atoms with E-state index in [1.165, 1.54) is 11.1 Å². The maximum Gasteiger partial charge on any atom is 0.225 e. The number of carbonyl (C=O) groups excluding carboxylic acids is 1. The maximum absolute atomic E-state index is 12.2. The minimum Gasteiger partial charge on any atom is -0.508 e. The number of carbonyl (C=O) groups is 1. The van der Waals surface area contributed by atoms with Crippen molar-refractivity contribution in [3.8, 4) is 11.5 Å². The first-order valence-corrected chi connectivity index (χ1v) is 13.0. The fourth-order valence-corrected chi connectivity index (χ4v) is 7.04. The largest absolute Gasteiger partial charge is 0.508 e. The summed E-state index contributed by atoms with van der Waals surface area (Å²) in [6.07, 6.45) is 4.87. The number of ether oxygens (including phenoxy) is 1. The first-order valence-electron chi connectivity index (χ1n) is 13.0. The number of nitrogens with zero attached hydrogens (tertiary/aromatic N) is 1. The monoisotopic (exact) mass is 478 g/mol. The molecule has 3 aliphatic rings. The van der Waals surface area contributed by atoms with Gasteiger partial charge in [-0.3, -0.25) is 4.79 Å². The lowest BCUT2D eigenvalue weighted by atomic mass is 9.54. The van der Waals surface area contributed by atoms with Gasteiger partial charge in [0.2, 0.25) is 5.91 Å². The van der Waals surface area contributed by atoms with Crippen LogP contribution in [0, 0.1) is 17.3 Å². The molecule has 6 atom stereocenters. The molecule has 2 aromatic rings. The molecule has 1 amide bonds. The number of aromatic hydroxyl groups is 1. The molecule has 0 saturated heterocycles. The van der Waals surface area contributed by atoms with Crippen LogP contribution in [-0.2, 0) is 11.2 Å². The van der Waals surface area contributed by atoms with E-state index < -0.39 is 0 Å². The van der Waals surface area contributed by atoms with E-state index in [4.69, 9.17) is 4.74 Å². The molecule has 188 valence electrons. The lowest BCUT2D eigenvalue weighted by Crippen LogP contribution is -2.51.